The molecule has 0 aliphatic carbocycles. The third kappa shape index (κ3) is 5.65. The van der Waals surface area contributed by atoms with Crippen LogP contribution in [0.4, 0.5) is 17.1 Å². The highest BCUT2D eigenvalue weighted by atomic mass is 16.3. The number of aromatic nitrogens is 3. The van der Waals surface area contributed by atoms with Gasteiger partial charge in [0.25, 0.3) is 0 Å². The van der Waals surface area contributed by atoms with Gasteiger partial charge in [-0.3, -0.25) is 0 Å². The fourth-order valence-corrected chi connectivity index (χ4v) is 7.30. The Morgan fingerprint density at radius 2 is 0.815 bits per heavy atom. The molecule has 0 aliphatic rings. The number of para-hydroxylation sites is 2. The van der Waals surface area contributed by atoms with E-state index in [1.54, 1.807) is 0 Å². The number of hydrogen-bond acceptors (Lipinski definition) is 5. The van der Waals surface area contributed by atoms with Crippen LogP contribution in [0.2, 0.25) is 0 Å². The number of furan rings is 1. The van der Waals surface area contributed by atoms with Crippen molar-refractivity contribution < 1.29 is 4.42 Å². The van der Waals surface area contributed by atoms with E-state index in [1.807, 2.05) is 84.9 Å². The Morgan fingerprint density at radius 3 is 1.46 bits per heavy atom. The first-order valence-electron chi connectivity index (χ1n) is 18.0. The average Bonchev–Trinajstić information content (AvgIpc) is 3.64. The highest BCUT2D eigenvalue weighted by Crippen LogP contribution is 2.43. The Kier molecular flexibility index (Phi) is 7.73. The van der Waals surface area contributed by atoms with Crippen LogP contribution in [-0.2, 0) is 0 Å². The van der Waals surface area contributed by atoms with Gasteiger partial charge in [0.05, 0.1) is 0 Å². The molecular formula is C49H32N4O. The van der Waals surface area contributed by atoms with Crippen molar-refractivity contribution in [2.24, 2.45) is 0 Å². The van der Waals surface area contributed by atoms with Gasteiger partial charge in [-0.05, 0) is 65.0 Å². The maximum Gasteiger partial charge on any atom is 0.164 e. The van der Waals surface area contributed by atoms with Gasteiger partial charge >= 0.3 is 0 Å². The smallest absolute Gasteiger partial charge is 0.164 e. The molecule has 0 fully saturated rings. The van der Waals surface area contributed by atoms with Crippen LogP contribution >= 0.6 is 0 Å². The summed E-state index contributed by atoms with van der Waals surface area (Å²) in [5.41, 5.74) is 9.88. The van der Waals surface area contributed by atoms with E-state index in [1.165, 1.54) is 11.1 Å². The van der Waals surface area contributed by atoms with Crippen LogP contribution in [0.3, 0.4) is 0 Å². The number of fused-ring (bicyclic) bond motifs is 5. The Balaban J connectivity index is 1.21. The van der Waals surface area contributed by atoms with Gasteiger partial charge in [-0.1, -0.05) is 146 Å². The summed E-state index contributed by atoms with van der Waals surface area (Å²) >= 11 is 0. The minimum Gasteiger partial charge on any atom is -0.455 e. The summed E-state index contributed by atoms with van der Waals surface area (Å²) in [5.74, 6) is 1.84. The molecule has 0 N–H and O–H groups in total. The van der Waals surface area contributed by atoms with Gasteiger partial charge < -0.3 is 9.32 Å². The molecule has 0 saturated carbocycles. The van der Waals surface area contributed by atoms with Gasteiger partial charge in [0.15, 0.2) is 17.5 Å². The SMILES string of the molecule is c1ccc(-c2ccc(N(c3ccccc3)c3ccc4c(-c5nc(-c6ccccc6)nc(-c6ccccc6)n5)cc5c6ccccc6oc5c4c3)cc2)cc1. The van der Waals surface area contributed by atoms with Gasteiger partial charge in [-0.25, -0.2) is 15.0 Å². The van der Waals surface area contributed by atoms with E-state index in [-0.39, 0.29) is 0 Å². The summed E-state index contributed by atoms with van der Waals surface area (Å²) in [6.07, 6.45) is 0. The fraction of sp³-hybridized carbons (Fsp3) is 0. The Labute approximate surface area is 312 Å². The van der Waals surface area contributed by atoms with Gasteiger partial charge in [-0.15, -0.1) is 0 Å². The molecule has 0 radical (unpaired) electrons. The highest BCUT2D eigenvalue weighted by Gasteiger charge is 2.21. The van der Waals surface area contributed by atoms with Crippen molar-refractivity contribution in [3.63, 3.8) is 0 Å². The Morgan fingerprint density at radius 1 is 0.333 bits per heavy atom. The minimum atomic E-state index is 0.601. The monoisotopic (exact) mass is 692 g/mol. The van der Waals surface area contributed by atoms with Crippen LogP contribution in [0.1, 0.15) is 0 Å². The second-order valence-corrected chi connectivity index (χ2v) is 13.3. The summed E-state index contributed by atoms with van der Waals surface area (Å²) in [5, 5.41) is 4.01. The quantitative estimate of drug-likeness (QED) is 0.166. The normalized spacial score (nSPS) is 11.3. The lowest BCUT2D eigenvalue weighted by molar-refractivity contribution is 0.672. The molecule has 0 aliphatic heterocycles. The molecule has 0 bridgehead atoms. The second-order valence-electron chi connectivity index (χ2n) is 13.3. The van der Waals surface area contributed by atoms with E-state index < -0.39 is 0 Å². The molecule has 54 heavy (non-hydrogen) atoms. The third-order valence-electron chi connectivity index (χ3n) is 9.91. The van der Waals surface area contributed by atoms with Crippen LogP contribution in [0.15, 0.2) is 199 Å². The van der Waals surface area contributed by atoms with Crippen LogP contribution in [-0.4, -0.2) is 15.0 Å². The van der Waals surface area contributed by atoms with E-state index in [0.29, 0.717) is 17.5 Å². The zero-order valence-corrected chi connectivity index (χ0v) is 29.2. The maximum atomic E-state index is 6.68. The molecule has 0 atom stereocenters. The standard InChI is InChI=1S/C49H32N4O/c1-5-15-33(16-6-1)34-25-27-38(28-26-34)53(37-21-11-4-12-22-37)39-29-30-40-42(31-39)46-43(41-23-13-14-24-45(41)54-46)32-44(40)49-51-47(35-17-7-2-8-18-35)50-48(52-49)36-19-9-3-10-20-36/h1-32H. The molecule has 0 unspecified atom stereocenters. The predicted molar refractivity (Wildman–Crippen MR) is 221 cm³/mol. The van der Waals surface area contributed by atoms with E-state index in [9.17, 15) is 0 Å². The number of benzene rings is 8. The van der Waals surface area contributed by atoms with Crippen LogP contribution in [0, 0.1) is 0 Å². The van der Waals surface area contributed by atoms with Gasteiger partial charge in [0, 0.05) is 49.9 Å². The topological polar surface area (TPSA) is 55.1 Å². The Bertz CT molecular complexity index is 2850. The molecule has 2 aromatic heterocycles. The van der Waals surface area contributed by atoms with Crippen molar-refractivity contribution in [2.75, 3.05) is 4.90 Å². The number of hydrogen-bond donors (Lipinski definition) is 0. The summed E-state index contributed by atoms with van der Waals surface area (Å²) < 4.78 is 6.68. The largest absolute Gasteiger partial charge is 0.455 e. The van der Waals surface area contributed by atoms with Gasteiger partial charge in [0.1, 0.15) is 11.2 Å². The van der Waals surface area contributed by atoms with E-state index in [0.717, 1.165) is 66.5 Å². The zero-order chi connectivity index (χ0) is 35.8. The first-order valence-corrected chi connectivity index (χ1v) is 18.0. The maximum absolute atomic E-state index is 6.68. The van der Waals surface area contributed by atoms with Crippen LogP contribution < -0.4 is 4.90 Å². The van der Waals surface area contributed by atoms with E-state index >= 15 is 0 Å². The molecule has 2 heterocycles. The van der Waals surface area contributed by atoms with Gasteiger partial charge in [-0.2, -0.15) is 0 Å². The lowest BCUT2D eigenvalue weighted by Crippen LogP contribution is -2.09. The second kappa shape index (κ2) is 13.3. The van der Waals surface area contributed by atoms with Gasteiger partial charge in [0.2, 0.25) is 0 Å². The fourth-order valence-electron chi connectivity index (χ4n) is 7.30. The lowest BCUT2D eigenvalue weighted by atomic mass is 9.98. The predicted octanol–water partition coefficient (Wildman–Crippen LogP) is 13.1. The zero-order valence-electron chi connectivity index (χ0n) is 29.2. The molecule has 8 aromatic carbocycles. The van der Waals surface area contributed by atoms with Crippen molar-refractivity contribution in [1.29, 1.82) is 0 Å². The number of rotatable bonds is 7. The molecule has 10 aromatic rings. The highest BCUT2D eigenvalue weighted by molar-refractivity contribution is 6.19. The van der Waals surface area contributed by atoms with Crippen molar-refractivity contribution in [1.82, 2.24) is 15.0 Å². The minimum absolute atomic E-state index is 0.601. The molecule has 0 saturated heterocycles. The first-order chi connectivity index (χ1) is 26.8. The van der Waals surface area contributed by atoms with Crippen molar-refractivity contribution >= 4 is 49.8 Å². The Hall–Kier alpha value is -7.37. The number of anilines is 3. The summed E-state index contributed by atoms with van der Waals surface area (Å²) in [4.78, 5) is 17.5. The molecule has 0 amide bonds. The average molecular weight is 693 g/mol. The summed E-state index contributed by atoms with van der Waals surface area (Å²) in [7, 11) is 0. The van der Waals surface area contributed by atoms with Crippen LogP contribution in [0.5, 0.6) is 0 Å². The first kappa shape index (κ1) is 31.4. The molecule has 5 heteroatoms. The summed E-state index contributed by atoms with van der Waals surface area (Å²) in [6.45, 7) is 0. The summed E-state index contributed by atoms with van der Waals surface area (Å²) in [6, 6.07) is 66.9. The van der Waals surface area contributed by atoms with Crippen molar-refractivity contribution in [3.05, 3.63) is 194 Å². The molecule has 254 valence electrons. The lowest BCUT2D eigenvalue weighted by Gasteiger charge is -2.26. The molecule has 5 nitrogen and oxygen atoms in total. The third-order valence-corrected chi connectivity index (χ3v) is 9.91. The van der Waals surface area contributed by atoms with E-state index in [2.05, 4.69) is 114 Å². The van der Waals surface area contributed by atoms with Crippen molar-refractivity contribution in [2.45, 2.75) is 0 Å². The molecular weight excluding hydrogens is 661 g/mol. The number of nitrogens with zero attached hydrogens (tertiary/aromatic N) is 4. The molecule has 0 spiro atoms. The van der Waals surface area contributed by atoms with E-state index in [4.69, 9.17) is 19.4 Å². The van der Waals surface area contributed by atoms with Crippen molar-refractivity contribution in [3.8, 4) is 45.3 Å². The van der Waals surface area contributed by atoms with Crippen LogP contribution in [0.25, 0.3) is 78.0 Å². The molecule has 10 rings (SSSR count).